The van der Waals surface area contributed by atoms with E-state index in [9.17, 15) is 9.90 Å². The number of aromatic nitrogens is 5. The molecule has 4 heterocycles. The van der Waals surface area contributed by atoms with Gasteiger partial charge in [0, 0.05) is 48.2 Å². The Labute approximate surface area is 173 Å². The van der Waals surface area contributed by atoms with Crippen LogP contribution < -0.4 is 10.2 Å². The summed E-state index contributed by atoms with van der Waals surface area (Å²) in [5.74, 6) is 0.840. The molecule has 2 aliphatic rings. The van der Waals surface area contributed by atoms with Crippen LogP contribution in [-0.2, 0) is 0 Å². The van der Waals surface area contributed by atoms with Gasteiger partial charge in [0.05, 0.1) is 18.4 Å². The number of rotatable bonds is 4. The Morgan fingerprint density at radius 2 is 1.87 bits per heavy atom. The number of carbonyl (C=O) groups is 1. The van der Waals surface area contributed by atoms with Crippen molar-refractivity contribution in [2.45, 2.75) is 19.9 Å². The number of nitrogens with one attached hydrogen (secondary N) is 1. The van der Waals surface area contributed by atoms with Gasteiger partial charge in [0.1, 0.15) is 11.4 Å². The summed E-state index contributed by atoms with van der Waals surface area (Å²) < 4.78 is 0. The zero-order valence-electron chi connectivity index (χ0n) is 16.6. The summed E-state index contributed by atoms with van der Waals surface area (Å²) in [6, 6.07) is 6.11. The third-order valence-electron chi connectivity index (χ3n) is 5.47. The van der Waals surface area contributed by atoms with Crippen molar-refractivity contribution < 1.29 is 9.90 Å². The molecule has 0 bridgehead atoms. The number of aromatic hydroxyl groups is 1. The van der Waals surface area contributed by atoms with Crippen LogP contribution in [0.5, 0.6) is 5.75 Å². The smallest absolute Gasteiger partial charge is 0.229 e. The molecule has 0 amide bonds. The topological polar surface area (TPSA) is 109 Å². The monoisotopic (exact) mass is 403 g/mol. The van der Waals surface area contributed by atoms with E-state index in [2.05, 4.69) is 25.5 Å². The molecule has 0 radical (unpaired) electrons. The normalized spacial score (nSPS) is 20.3. The molecule has 2 unspecified atom stereocenters. The molecule has 9 nitrogen and oxygen atoms in total. The maximum absolute atomic E-state index is 13.5. The first-order valence-electron chi connectivity index (χ1n) is 9.77. The molecule has 1 fully saturated rings. The van der Waals surface area contributed by atoms with Crippen molar-refractivity contribution in [3.63, 3.8) is 0 Å². The lowest BCUT2D eigenvalue weighted by Crippen LogP contribution is -2.33. The Hall–Kier alpha value is -3.59. The lowest BCUT2D eigenvalue weighted by Gasteiger charge is -2.17. The molecule has 152 valence electrons. The summed E-state index contributed by atoms with van der Waals surface area (Å²) in [6.07, 6.45) is 5.06. The third kappa shape index (κ3) is 3.13. The zero-order valence-corrected chi connectivity index (χ0v) is 16.6. The molecule has 1 aromatic carbocycles. The van der Waals surface area contributed by atoms with Crippen molar-refractivity contribution in [2.75, 3.05) is 18.0 Å². The van der Waals surface area contributed by atoms with Crippen LogP contribution >= 0.6 is 0 Å². The number of carbonyl (C=O) groups excluding carboxylic acids is 1. The van der Waals surface area contributed by atoms with Crippen molar-refractivity contribution in [1.29, 1.82) is 0 Å². The summed E-state index contributed by atoms with van der Waals surface area (Å²) in [5, 5.41) is 21.5. The first-order valence-corrected chi connectivity index (χ1v) is 9.77. The van der Waals surface area contributed by atoms with Crippen molar-refractivity contribution in [2.24, 2.45) is 5.92 Å². The fourth-order valence-corrected chi connectivity index (χ4v) is 4.16. The Morgan fingerprint density at radius 1 is 1.13 bits per heavy atom. The quantitative estimate of drug-likeness (QED) is 0.632. The number of nitrogens with zero attached hydrogens (tertiary/aromatic N) is 6. The van der Waals surface area contributed by atoms with Gasteiger partial charge in [-0.05, 0) is 37.6 Å². The average Bonchev–Trinajstić information content (AvgIpc) is 3.43. The second kappa shape index (κ2) is 7.03. The third-order valence-corrected chi connectivity index (χ3v) is 5.47. The molecule has 1 saturated heterocycles. The predicted octanol–water partition coefficient (Wildman–Crippen LogP) is 1.55. The molecule has 2 aliphatic heterocycles. The number of aryl methyl sites for hydroxylation is 2. The van der Waals surface area contributed by atoms with Gasteiger partial charge in [-0.25, -0.2) is 9.97 Å². The molecular formula is C21H21N7O2. The Morgan fingerprint density at radius 3 is 2.60 bits per heavy atom. The number of phenolic OH excluding ortho intramolecular Hbond substituents is 1. The summed E-state index contributed by atoms with van der Waals surface area (Å²) in [6.45, 7) is 5.34. The van der Waals surface area contributed by atoms with Gasteiger partial charge >= 0.3 is 0 Å². The van der Waals surface area contributed by atoms with Crippen LogP contribution in [0, 0.1) is 19.8 Å². The first-order chi connectivity index (χ1) is 14.5. The Bertz CT molecular complexity index is 1140. The van der Waals surface area contributed by atoms with Gasteiger partial charge in [-0.3, -0.25) is 4.79 Å². The highest BCUT2D eigenvalue weighted by atomic mass is 16.3. The SMILES string of the molecule is Cc1cc(C)nc(N2C=C3C(CNC3C(=O)c3ccc(O)cc3-n3nccn3)C2)n1. The standard InChI is InChI=1S/C21H21N7O2/c1-12-7-13(2)26-21(25-12)27-10-14-9-22-19(17(14)11-27)20(30)16-4-3-15(29)8-18(16)28-23-5-6-24-28/h3-8,11,14,19,22,29H,9-10H2,1-2H3. The molecule has 30 heavy (non-hydrogen) atoms. The summed E-state index contributed by atoms with van der Waals surface area (Å²) in [5.41, 5.74) is 3.75. The minimum Gasteiger partial charge on any atom is -0.508 e. The lowest BCUT2D eigenvalue weighted by molar-refractivity contribution is 0.0966. The summed E-state index contributed by atoms with van der Waals surface area (Å²) >= 11 is 0. The minimum atomic E-state index is -0.454. The van der Waals surface area contributed by atoms with E-state index in [1.54, 1.807) is 6.07 Å². The molecule has 9 heteroatoms. The Balaban J connectivity index is 1.48. The van der Waals surface area contributed by atoms with Crippen LogP contribution in [0.3, 0.4) is 0 Å². The van der Waals surface area contributed by atoms with E-state index in [-0.39, 0.29) is 17.5 Å². The van der Waals surface area contributed by atoms with E-state index in [0.29, 0.717) is 23.7 Å². The van der Waals surface area contributed by atoms with Gasteiger partial charge in [-0.2, -0.15) is 15.0 Å². The van der Waals surface area contributed by atoms with E-state index >= 15 is 0 Å². The maximum Gasteiger partial charge on any atom is 0.229 e. The van der Waals surface area contributed by atoms with Gasteiger partial charge in [0.2, 0.25) is 5.95 Å². The highest BCUT2D eigenvalue weighted by Gasteiger charge is 2.41. The van der Waals surface area contributed by atoms with E-state index in [1.165, 1.54) is 29.3 Å². The molecule has 2 N–H and O–H groups in total. The molecule has 0 aliphatic carbocycles. The number of phenols is 1. The van der Waals surface area contributed by atoms with Gasteiger partial charge in [0.25, 0.3) is 0 Å². The second-order valence-electron chi connectivity index (χ2n) is 7.65. The lowest BCUT2D eigenvalue weighted by atomic mass is 9.94. The number of anilines is 1. The van der Waals surface area contributed by atoms with Gasteiger partial charge < -0.3 is 15.3 Å². The number of Topliss-reactive ketones (excluding diaryl/α,β-unsaturated/α-hetero) is 1. The summed E-state index contributed by atoms with van der Waals surface area (Å²) in [4.78, 5) is 25.9. The van der Waals surface area contributed by atoms with E-state index in [1.807, 2.05) is 31.0 Å². The maximum atomic E-state index is 13.5. The van der Waals surface area contributed by atoms with Crippen molar-refractivity contribution >= 4 is 11.7 Å². The van der Waals surface area contributed by atoms with Crippen LogP contribution in [0.2, 0.25) is 0 Å². The molecule has 5 rings (SSSR count). The van der Waals surface area contributed by atoms with Gasteiger partial charge in [-0.1, -0.05) is 0 Å². The highest BCUT2D eigenvalue weighted by Crippen LogP contribution is 2.33. The van der Waals surface area contributed by atoms with Gasteiger partial charge in [-0.15, -0.1) is 0 Å². The fourth-order valence-electron chi connectivity index (χ4n) is 4.16. The molecule has 0 saturated carbocycles. The predicted molar refractivity (Wildman–Crippen MR) is 110 cm³/mol. The van der Waals surface area contributed by atoms with Crippen LogP contribution in [-0.4, -0.2) is 55.0 Å². The molecule has 3 aromatic rings. The Kier molecular flexibility index (Phi) is 4.32. The molecule has 0 spiro atoms. The second-order valence-corrected chi connectivity index (χ2v) is 7.65. The van der Waals surface area contributed by atoms with E-state index in [4.69, 9.17) is 0 Å². The molecule has 2 atom stereocenters. The number of hydrogen-bond acceptors (Lipinski definition) is 8. The fraction of sp³-hybridized carbons (Fsp3) is 0.286. The average molecular weight is 403 g/mol. The number of benzene rings is 1. The number of fused-ring (bicyclic) bond motifs is 1. The highest BCUT2D eigenvalue weighted by molar-refractivity contribution is 6.05. The van der Waals surface area contributed by atoms with Crippen LogP contribution in [0.15, 0.2) is 48.4 Å². The van der Waals surface area contributed by atoms with Crippen LogP contribution in [0.1, 0.15) is 21.7 Å². The first kappa shape index (κ1) is 18.4. The number of ketones is 1. The largest absolute Gasteiger partial charge is 0.508 e. The molecular weight excluding hydrogens is 382 g/mol. The van der Waals surface area contributed by atoms with E-state index < -0.39 is 6.04 Å². The van der Waals surface area contributed by atoms with E-state index in [0.717, 1.165) is 23.5 Å². The zero-order chi connectivity index (χ0) is 20.8. The molecule has 2 aromatic heterocycles. The van der Waals surface area contributed by atoms with Crippen LogP contribution in [0.25, 0.3) is 5.69 Å². The van der Waals surface area contributed by atoms with Crippen LogP contribution in [0.4, 0.5) is 5.95 Å². The number of hydrogen-bond donors (Lipinski definition) is 2. The van der Waals surface area contributed by atoms with Gasteiger partial charge in [0.15, 0.2) is 5.78 Å². The van der Waals surface area contributed by atoms with Crippen molar-refractivity contribution in [1.82, 2.24) is 30.3 Å². The minimum absolute atomic E-state index is 0.0503. The summed E-state index contributed by atoms with van der Waals surface area (Å²) in [7, 11) is 0. The van der Waals surface area contributed by atoms with Crippen molar-refractivity contribution in [3.8, 4) is 11.4 Å². The van der Waals surface area contributed by atoms with Crippen molar-refractivity contribution in [3.05, 3.63) is 65.4 Å².